The highest BCUT2D eigenvalue weighted by Gasteiger charge is 2.30. The van der Waals surface area contributed by atoms with Gasteiger partial charge in [-0.3, -0.25) is 37.3 Å². The third-order valence-electron chi connectivity index (χ3n) is 20.0. The molecule has 19 heteroatoms. The van der Waals surface area contributed by atoms with Crippen LogP contribution in [0.1, 0.15) is 440 Å². The zero-order valence-electron chi connectivity index (χ0n) is 67.8. The summed E-state index contributed by atoms with van der Waals surface area (Å²) in [4.78, 5) is 73.2. The maximum absolute atomic E-state index is 13.1. The van der Waals surface area contributed by atoms with Crippen LogP contribution < -0.4 is 0 Å². The number of carbonyl (C=O) groups excluding carboxylic acids is 4. The molecular formula is C84H164O17P2. The lowest BCUT2D eigenvalue weighted by atomic mass is 9.99. The fourth-order valence-corrected chi connectivity index (χ4v) is 14.6. The Morgan fingerprint density at radius 2 is 0.495 bits per heavy atom. The minimum atomic E-state index is -4.96. The van der Waals surface area contributed by atoms with Crippen LogP contribution in [0.5, 0.6) is 0 Å². The Morgan fingerprint density at radius 3 is 0.738 bits per heavy atom. The number of phosphoric ester groups is 2. The summed E-state index contributed by atoms with van der Waals surface area (Å²) in [5.41, 5.74) is 0. The van der Waals surface area contributed by atoms with Crippen molar-refractivity contribution >= 4 is 39.5 Å². The topological polar surface area (TPSA) is 237 Å². The van der Waals surface area contributed by atoms with Crippen LogP contribution in [0.25, 0.3) is 0 Å². The standard InChI is InChI=1S/C84H164O17P2/c1-8-10-11-12-13-14-15-16-17-18-19-20-21-22-23-26-30-38-46-53-60-67-83(88)100-79(71-94-81(86)65-58-51-44-37-29-27-24-25-28-34-41-48-55-62-75(3)4)73-98-102(90,91)96-69-78(85)70-97-103(92,93)99-74-80(72-95-82(87)66-59-52-45-40-33-35-42-49-56-63-76(5)6)101-84(89)68-61-54-47-39-32-31-36-43-50-57-64-77(7)9-2/h75-80,85H,8-74H2,1-7H3,(H,90,91)(H,92,93)/t77?,78-,79-,80-/m1/s1. The molecule has 0 bridgehead atoms. The van der Waals surface area contributed by atoms with E-state index in [0.717, 1.165) is 108 Å². The van der Waals surface area contributed by atoms with Gasteiger partial charge in [-0.25, -0.2) is 9.13 Å². The van der Waals surface area contributed by atoms with E-state index in [1.807, 2.05) is 0 Å². The van der Waals surface area contributed by atoms with Crippen LogP contribution in [0.3, 0.4) is 0 Å². The predicted octanol–water partition coefficient (Wildman–Crippen LogP) is 25.3. The van der Waals surface area contributed by atoms with E-state index >= 15 is 0 Å². The fourth-order valence-electron chi connectivity index (χ4n) is 13.0. The molecule has 0 radical (unpaired) electrons. The molecule has 0 aromatic carbocycles. The van der Waals surface area contributed by atoms with Gasteiger partial charge in [0.2, 0.25) is 0 Å². The minimum absolute atomic E-state index is 0.106. The summed E-state index contributed by atoms with van der Waals surface area (Å²) in [6, 6.07) is 0. The number of unbranched alkanes of at least 4 members (excludes halogenated alkanes) is 49. The Morgan fingerprint density at radius 1 is 0.282 bits per heavy atom. The van der Waals surface area contributed by atoms with Crippen molar-refractivity contribution in [3.05, 3.63) is 0 Å². The van der Waals surface area contributed by atoms with Crippen molar-refractivity contribution in [3.8, 4) is 0 Å². The minimum Gasteiger partial charge on any atom is -0.462 e. The number of aliphatic hydroxyl groups is 1. The number of esters is 4. The summed E-state index contributed by atoms with van der Waals surface area (Å²) in [6.45, 7) is 12.0. The van der Waals surface area contributed by atoms with Crippen molar-refractivity contribution in [2.75, 3.05) is 39.6 Å². The molecule has 0 aliphatic rings. The predicted molar refractivity (Wildman–Crippen MR) is 423 cm³/mol. The Balaban J connectivity index is 5.25. The van der Waals surface area contributed by atoms with Crippen LogP contribution in [-0.2, 0) is 65.4 Å². The lowest BCUT2D eigenvalue weighted by molar-refractivity contribution is -0.161. The molecular weight excluding hydrogens is 1340 g/mol. The van der Waals surface area contributed by atoms with Crippen molar-refractivity contribution in [2.45, 2.75) is 458 Å². The van der Waals surface area contributed by atoms with Crippen molar-refractivity contribution in [3.63, 3.8) is 0 Å². The van der Waals surface area contributed by atoms with Gasteiger partial charge in [-0.15, -0.1) is 0 Å². The average Bonchev–Trinajstić information content (AvgIpc) is 0.928. The molecule has 6 atom stereocenters. The van der Waals surface area contributed by atoms with Gasteiger partial charge < -0.3 is 33.8 Å². The van der Waals surface area contributed by atoms with Gasteiger partial charge in [0.25, 0.3) is 0 Å². The molecule has 612 valence electrons. The Kier molecular flexibility index (Phi) is 72.8. The highest BCUT2D eigenvalue weighted by molar-refractivity contribution is 7.47. The molecule has 3 unspecified atom stereocenters. The van der Waals surface area contributed by atoms with E-state index in [2.05, 4.69) is 48.5 Å². The molecule has 0 saturated carbocycles. The second-order valence-electron chi connectivity index (χ2n) is 31.4. The first kappa shape index (κ1) is 101. The van der Waals surface area contributed by atoms with E-state index in [9.17, 15) is 43.2 Å². The van der Waals surface area contributed by atoms with E-state index < -0.39 is 97.5 Å². The van der Waals surface area contributed by atoms with E-state index in [1.165, 1.54) is 250 Å². The molecule has 3 N–H and O–H groups in total. The molecule has 0 aromatic heterocycles. The molecule has 0 aromatic rings. The van der Waals surface area contributed by atoms with Crippen LogP contribution in [-0.4, -0.2) is 96.7 Å². The molecule has 0 rings (SSSR count). The van der Waals surface area contributed by atoms with Crippen molar-refractivity contribution < 1.29 is 80.2 Å². The van der Waals surface area contributed by atoms with E-state index in [4.69, 9.17) is 37.0 Å². The molecule has 0 heterocycles. The molecule has 0 aliphatic carbocycles. The van der Waals surface area contributed by atoms with Crippen LogP contribution in [0.4, 0.5) is 0 Å². The smallest absolute Gasteiger partial charge is 0.462 e. The summed E-state index contributed by atoms with van der Waals surface area (Å²) in [7, 11) is -9.93. The fraction of sp³-hybridized carbons (Fsp3) is 0.952. The Bertz CT molecular complexity index is 1990. The molecule has 0 fully saturated rings. The molecule has 0 saturated heterocycles. The quantitative estimate of drug-likeness (QED) is 0.0222. The lowest BCUT2D eigenvalue weighted by Crippen LogP contribution is -2.30. The number of carbonyl (C=O) groups is 4. The third-order valence-corrected chi connectivity index (χ3v) is 21.9. The number of hydrogen-bond donors (Lipinski definition) is 3. The van der Waals surface area contributed by atoms with Gasteiger partial charge in [-0.1, -0.05) is 389 Å². The highest BCUT2D eigenvalue weighted by Crippen LogP contribution is 2.45. The van der Waals surface area contributed by atoms with Gasteiger partial charge in [-0.05, 0) is 43.4 Å². The normalized spacial score (nSPS) is 14.2. The second kappa shape index (κ2) is 74.2. The lowest BCUT2D eigenvalue weighted by Gasteiger charge is -2.21. The second-order valence-corrected chi connectivity index (χ2v) is 34.3. The molecule has 0 amide bonds. The number of hydrogen-bond acceptors (Lipinski definition) is 15. The van der Waals surface area contributed by atoms with E-state index in [0.29, 0.717) is 25.7 Å². The molecule has 17 nitrogen and oxygen atoms in total. The zero-order valence-corrected chi connectivity index (χ0v) is 69.6. The summed E-state index contributed by atoms with van der Waals surface area (Å²) in [6.07, 6.45) is 63.8. The number of ether oxygens (including phenoxy) is 4. The zero-order chi connectivity index (χ0) is 75.8. The maximum Gasteiger partial charge on any atom is 0.472 e. The van der Waals surface area contributed by atoms with Crippen LogP contribution in [0.2, 0.25) is 0 Å². The van der Waals surface area contributed by atoms with Gasteiger partial charge >= 0.3 is 39.5 Å². The van der Waals surface area contributed by atoms with Crippen molar-refractivity contribution in [2.24, 2.45) is 17.8 Å². The highest BCUT2D eigenvalue weighted by atomic mass is 31.2. The summed E-state index contributed by atoms with van der Waals surface area (Å²) in [5.74, 6) is 0.230. The number of aliphatic hydroxyl groups excluding tert-OH is 1. The van der Waals surface area contributed by atoms with Crippen LogP contribution in [0.15, 0.2) is 0 Å². The van der Waals surface area contributed by atoms with Gasteiger partial charge in [0.15, 0.2) is 12.2 Å². The number of phosphoric acid groups is 2. The van der Waals surface area contributed by atoms with Gasteiger partial charge in [0, 0.05) is 25.7 Å². The first-order chi connectivity index (χ1) is 49.8. The summed E-state index contributed by atoms with van der Waals surface area (Å²) < 4.78 is 68.8. The Hall–Kier alpha value is -1.94. The largest absolute Gasteiger partial charge is 0.472 e. The van der Waals surface area contributed by atoms with Gasteiger partial charge in [0.05, 0.1) is 26.4 Å². The van der Waals surface area contributed by atoms with Crippen LogP contribution in [0, 0.1) is 17.8 Å². The summed E-state index contributed by atoms with van der Waals surface area (Å²) in [5, 5.41) is 10.7. The molecule has 0 spiro atoms. The molecule has 0 aliphatic heterocycles. The van der Waals surface area contributed by atoms with Crippen molar-refractivity contribution in [1.29, 1.82) is 0 Å². The first-order valence-electron chi connectivity index (χ1n) is 43.4. The number of rotatable bonds is 82. The van der Waals surface area contributed by atoms with E-state index in [-0.39, 0.29) is 25.7 Å². The van der Waals surface area contributed by atoms with Gasteiger partial charge in [-0.2, -0.15) is 0 Å². The van der Waals surface area contributed by atoms with Crippen LogP contribution >= 0.6 is 15.6 Å². The summed E-state index contributed by atoms with van der Waals surface area (Å²) >= 11 is 0. The average molecular weight is 1510 g/mol. The van der Waals surface area contributed by atoms with Crippen molar-refractivity contribution in [1.82, 2.24) is 0 Å². The monoisotopic (exact) mass is 1510 g/mol. The Labute approximate surface area is 632 Å². The SMILES string of the molecule is CCCCCCCCCCCCCCCCCCCCCCCC(=O)O[C@H](COC(=O)CCCCCCCCCCCCCCCC(C)C)COP(=O)(O)OC[C@@H](O)COP(=O)(O)OC[C@@H](COC(=O)CCCCCCCCCCCC(C)C)OC(=O)CCCCCCCCCCCCC(C)CC. The van der Waals surface area contributed by atoms with E-state index in [1.54, 1.807) is 0 Å². The third kappa shape index (κ3) is 76.6. The van der Waals surface area contributed by atoms with Gasteiger partial charge in [0.1, 0.15) is 19.3 Å². The first-order valence-corrected chi connectivity index (χ1v) is 46.4. The maximum atomic E-state index is 13.1. The molecule has 103 heavy (non-hydrogen) atoms.